The van der Waals surface area contributed by atoms with Crippen molar-refractivity contribution in [3.8, 4) is 0 Å². The summed E-state index contributed by atoms with van der Waals surface area (Å²) < 4.78 is 0. The molecule has 0 aromatic carbocycles. The highest BCUT2D eigenvalue weighted by Gasteiger charge is 1.98. The predicted molar refractivity (Wildman–Crippen MR) is 135 cm³/mol. The number of hydrogen-bond donors (Lipinski definition) is 0. The van der Waals surface area contributed by atoms with Gasteiger partial charge < -0.3 is 4.90 Å². The van der Waals surface area contributed by atoms with Gasteiger partial charge in [0.15, 0.2) is 0 Å². The summed E-state index contributed by atoms with van der Waals surface area (Å²) in [5, 5.41) is 0. The molecular formula is C28H59N. The molecule has 0 radical (unpaired) electrons. The standard InChI is InChI=1S/C28H59N/c1-4-7-8-9-10-11-12-13-14-15-16-17-18-19-20-21-22-23-24-25-26-27-28-29(5-2)6-3/h4-28H2,1-3H3. The van der Waals surface area contributed by atoms with Crippen molar-refractivity contribution in [2.24, 2.45) is 0 Å². The van der Waals surface area contributed by atoms with Crippen LogP contribution in [-0.2, 0) is 0 Å². The van der Waals surface area contributed by atoms with Crippen LogP contribution in [0.15, 0.2) is 0 Å². The Morgan fingerprint density at radius 3 is 0.793 bits per heavy atom. The smallest absolute Gasteiger partial charge is 0.00190 e. The first-order valence-electron chi connectivity index (χ1n) is 14.1. The highest BCUT2D eigenvalue weighted by atomic mass is 15.1. The molecule has 176 valence electrons. The Balaban J connectivity index is 3.03. The van der Waals surface area contributed by atoms with Gasteiger partial charge in [-0.1, -0.05) is 156 Å². The van der Waals surface area contributed by atoms with E-state index >= 15 is 0 Å². The molecule has 0 saturated carbocycles. The van der Waals surface area contributed by atoms with Crippen molar-refractivity contribution in [1.29, 1.82) is 0 Å². The fraction of sp³-hybridized carbons (Fsp3) is 1.00. The first-order valence-corrected chi connectivity index (χ1v) is 14.1. The van der Waals surface area contributed by atoms with E-state index in [-0.39, 0.29) is 0 Å². The predicted octanol–water partition coefficient (Wildman–Crippen LogP) is 9.93. The van der Waals surface area contributed by atoms with Gasteiger partial charge in [0.2, 0.25) is 0 Å². The van der Waals surface area contributed by atoms with Crippen LogP contribution in [0.3, 0.4) is 0 Å². The topological polar surface area (TPSA) is 3.24 Å². The van der Waals surface area contributed by atoms with E-state index in [4.69, 9.17) is 0 Å². The van der Waals surface area contributed by atoms with Crippen LogP contribution in [0.4, 0.5) is 0 Å². The molecule has 0 aromatic heterocycles. The summed E-state index contributed by atoms with van der Waals surface area (Å²) in [6.07, 6.45) is 32.3. The molecule has 0 aromatic rings. The van der Waals surface area contributed by atoms with Gasteiger partial charge in [-0.25, -0.2) is 0 Å². The summed E-state index contributed by atoms with van der Waals surface area (Å²) in [4.78, 5) is 2.55. The van der Waals surface area contributed by atoms with Crippen LogP contribution in [0.5, 0.6) is 0 Å². The van der Waals surface area contributed by atoms with Gasteiger partial charge in [-0.15, -0.1) is 0 Å². The minimum atomic E-state index is 1.22. The number of nitrogens with zero attached hydrogens (tertiary/aromatic N) is 1. The maximum absolute atomic E-state index is 2.55. The molecule has 0 aliphatic rings. The zero-order chi connectivity index (χ0) is 21.3. The van der Waals surface area contributed by atoms with Crippen molar-refractivity contribution in [3.05, 3.63) is 0 Å². The quantitative estimate of drug-likeness (QED) is 0.136. The molecule has 1 heteroatoms. The lowest BCUT2D eigenvalue weighted by molar-refractivity contribution is 0.295. The summed E-state index contributed by atoms with van der Waals surface area (Å²) in [6, 6.07) is 0. The van der Waals surface area contributed by atoms with E-state index in [0.717, 1.165) is 0 Å². The fourth-order valence-corrected chi connectivity index (χ4v) is 4.48. The summed E-state index contributed by atoms with van der Waals surface area (Å²) >= 11 is 0. The zero-order valence-corrected chi connectivity index (χ0v) is 21.1. The molecule has 0 spiro atoms. The fourth-order valence-electron chi connectivity index (χ4n) is 4.48. The molecule has 0 amide bonds. The van der Waals surface area contributed by atoms with Crippen molar-refractivity contribution in [2.45, 2.75) is 162 Å². The Morgan fingerprint density at radius 2 is 0.552 bits per heavy atom. The summed E-state index contributed by atoms with van der Waals surface area (Å²) in [6.45, 7) is 10.6. The van der Waals surface area contributed by atoms with Gasteiger partial charge in [0.25, 0.3) is 0 Å². The second-order valence-electron chi connectivity index (χ2n) is 9.45. The molecule has 0 saturated heterocycles. The minimum Gasteiger partial charge on any atom is -0.304 e. The first kappa shape index (κ1) is 29.0. The van der Waals surface area contributed by atoms with Crippen molar-refractivity contribution < 1.29 is 0 Å². The Morgan fingerprint density at radius 1 is 0.310 bits per heavy atom. The van der Waals surface area contributed by atoms with Gasteiger partial charge in [0.05, 0.1) is 0 Å². The Labute approximate surface area is 186 Å². The van der Waals surface area contributed by atoms with Gasteiger partial charge in [0.1, 0.15) is 0 Å². The molecule has 0 heterocycles. The van der Waals surface area contributed by atoms with Crippen LogP contribution < -0.4 is 0 Å². The molecule has 0 aliphatic carbocycles. The van der Waals surface area contributed by atoms with Crippen LogP contribution >= 0.6 is 0 Å². The molecule has 0 aliphatic heterocycles. The Bertz CT molecular complexity index is 271. The van der Waals surface area contributed by atoms with Gasteiger partial charge in [-0.05, 0) is 26.1 Å². The maximum Gasteiger partial charge on any atom is -0.00190 e. The largest absolute Gasteiger partial charge is 0.304 e. The monoisotopic (exact) mass is 409 g/mol. The lowest BCUT2D eigenvalue weighted by Gasteiger charge is -2.17. The normalized spacial score (nSPS) is 11.6. The number of rotatable bonds is 25. The summed E-state index contributed by atoms with van der Waals surface area (Å²) in [7, 11) is 0. The SMILES string of the molecule is CCCCCCCCCCCCCCCCCCCCCCCCN(CC)CC. The lowest BCUT2D eigenvalue weighted by atomic mass is 10.0. The lowest BCUT2D eigenvalue weighted by Crippen LogP contribution is -2.23. The average molecular weight is 410 g/mol. The van der Waals surface area contributed by atoms with E-state index in [0.29, 0.717) is 0 Å². The number of hydrogen-bond acceptors (Lipinski definition) is 1. The maximum atomic E-state index is 2.55. The minimum absolute atomic E-state index is 1.22. The molecule has 0 N–H and O–H groups in total. The van der Waals surface area contributed by atoms with E-state index in [2.05, 4.69) is 25.7 Å². The third kappa shape index (κ3) is 24.1. The van der Waals surface area contributed by atoms with Crippen LogP contribution in [0.2, 0.25) is 0 Å². The van der Waals surface area contributed by atoms with Crippen LogP contribution in [0.25, 0.3) is 0 Å². The molecule has 0 bridgehead atoms. The third-order valence-electron chi connectivity index (χ3n) is 6.72. The molecule has 29 heavy (non-hydrogen) atoms. The molecule has 0 fully saturated rings. The van der Waals surface area contributed by atoms with E-state index in [1.54, 1.807) is 0 Å². The van der Waals surface area contributed by atoms with Gasteiger partial charge in [-0.3, -0.25) is 0 Å². The molecule has 0 rings (SSSR count). The molecule has 0 unspecified atom stereocenters. The summed E-state index contributed by atoms with van der Waals surface area (Å²) in [5.41, 5.74) is 0. The Hall–Kier alpha value is -0.0400. The van der Waals surface area contributed by atoms with Crippen LogP contribution in [0.1, 0.15) is 162 Å². The van der Waals surface area contributed by atoms with Gasteiger partial charge in [0, 0.05) is 0 Å². The van der Waals surface area contributed by atoms with Gasteiger partial charge in [-0.2, -0.15) is 0 Å². The van der Waals surface area contributed by atoms with E-state index in [1.807, 2.05) is 0 Å². The van der Waals surface area contributed by atoms with Crippen LogP contribution in [-0.4, -0.2) is 24.5 Å². The van der Waals surface area contributed by atoms with Crippen molar-refractivity contribution >= 4 is 0 Å². The highest BCUT2D eigenvalue weighted by Crippen LogP contribution is 2.15. The van der Waals surface area contributed by atoms with Gasteiger partial charge >= 0.3 is 0 Å². The highest BCUT2D eigenvalue weighted by molar-refractivity contribution is 4.54. The third-order valence-corrected chi connectivity index (χ3v) is 6.72. The zero-order valence-electron chi connectivity index (χ0n) is 21.1. The second kappa shape index (κ2) is 26.0. The van der Waals surface area contributed by atoms with Crippen molar-refractivity contribution in [3.63, 3.8) is 0 Å². The van der Waals surface area contributed by atoms with Crippen molar-refractivity contribution in [2.75, 3.05) is 19.6 Å². The van der Waals surface area contributed by atoms with E-state index < -0.39 is 0 Å². The average Bonchev–Trinajstić information content (AvgIpc) is 2.74. The van der Waals surface area contributed by atoms with E-state index in [1.165, 1.54) is 161 Å². The number of unbranched alkanes of at least 4 members (excludes halogenated alkanes) is 21. The van der Waals surface area contributed by atoms with E-state index in [9.17, 15) is 0 Å². The first-order chi connectivity index (χ1) is 14.3. The molecular weight excluding hydrogens is 350 g/mol. The summed E-state index contributed by atoms with van der Waals surface area (Å²) in [5.74, 6) is 0. The van der Waals surface area contributed by atoms with Crippen LogP contribution in [0, 0.1) is 0 Å². The molecule has 1 nitrogen and oxygen atoms in total. The van der Waals surface area contributed by atoms with Crippen molar-refractivity contribution in [1.82, 2.24) is 4.90 Å². The Kier molecular flexibility index (Phi) is 26.0. The second-order valence-corrected chi connectivity index (χ2v) is 9.45. The molecule has 0 atom stereocenters.